The van der Waals surface area contributed by atoms with Crippen LogP contribution in [0.5, 0.6) is 5.75 Å². The molecule has 0 aromatic heterocycles. The van der Waals surface area contributed by atoms with Crippen molar-refractivity contribution < 1.29 is 19.4 Å². The van der Waals surface area contributed by atoms with E-state index in [0.29, 0.717) is 18.7 Å². The number of nitrogens with zero attached hydrogens (tertiary/aromatic N) is 1. The average molecular weight is 342 g/mol. The number of hydrogen-bond acceptors (Lipinski definition) is 3. The van der Waals surface area contributed by atoms with Crippen molar-refractivity contribution >= 4 is 27.8 Å². The van der Waals surface area contributed by atoms with Crippen LogP contribution in [0.4, 0.5) is 0 Å². The van der Waals surface area contributed by atoms with E-state index in [-0.39, 0.29) is 19.1 Å². The van der Waals surface area contributed by atoms with E-state index < -0.39 is 11.4 Å². The molecule has 1 aliphatic rings. The fourth-order valence-corrected chi connectivity index (χ4v) is 2.38. The van der Waals surface area contributed by atoms with Gasteiger partial charge < -0.3 is 14.7 Å². The number of carboxylic acids is 1. The van der Waals surface area contributed by atoms with Crippen LogP contribution in [-0.4, -0.2) is 41.6 Å². The lowest BCUT2D eigenvalue weighted by atomic mass is 9.90. The highest BCUT2D eigenvalue weighted by molar-refractivity contribution is 9.10. The molecule has 1 atom stereocenters. The standard InChI is InChI=1S/C14H16BrNO4/c1-14(13(18)19)6-7-16(9-14)12(17)8-20-11-4-2-10(15)3-5-11/h2-5H,6-9H2,1H3,(H,18,19). The number of halogens is 1. The van der Waals surface area contributed by atoms with Crippen LogP contribution in [0.3, 0.4) is 0 Å². The van der Waals surface area contributed by atoms with Crippen molar-refractivity contribution in [2.75, 3.05) is 19.7 Å². The fraction of sp³-hybridized carbons (Fsp3) is 0.429. The van der Waals surface area contributed by atoms with Crippen molar-refractivity contribution in [1.29, 1.82) is 0 Å². The summed E-state index contributed by atoms with van der Waals surface area (Å²) in [7, 11) is 0. The molecule has 108 valence electrons. The number of benzene rings is 1. The van der Waals surface area contributed by atoms with E-state index in [1.54, 1.807) is 24.0 Å². The number of carbonyl (C=O) groups excluding carboxylic acids is 1. The first-order chi connectivity index (χ1) is 9.40. The molecule has 1 N–H and O–H groups in total. The van der Waals surface area contributed by atoms with Crippen LogP contribution in [-0.2, 0) is 9.59 Å². The summed E-state index contributed by atoms with van der Waals surface area (Å²) < 4.78 is 6.34. The van der Waals surface area contributed by atoms with Gasteiger partial charge >= 0.3 is 5.97 Å². The van der Waals surface area contributed by atoms with E-state index in [4.69, 9.17) is 9.84 Å². The molecule has 0 bridgehead atoms. The molecule has 2 rings (SSSR count). The molecule has 0 aliphatic carbocycles. The van der Waals surface area contributed by atoms with E-state index >= 15 is 0 Å². The zero-order valence-corrected chi connectivity index (χ0v) is 12.7. The lowest BCUT2D eigenvalue weighted by Crippen LogP contribution is -2.37. The van der Waals surface area contributed by atoms with Gasteiger partial charge in [-0.05, 0) is 37.6 Å². The second-order valence-electron chi connectivity index (χ2n) is 5.17. The Labute approximate surface area is 125 Å². The summed E-state index contributed by atoms with van der Waals surface area (Å²) in [5, 5.41) is 9.13. The Hall–Kier alpha value is -1.56. The summed E-state index contributed by atoms with van der Waals surface area (Å²) in [6.07, 6.45) is 0.479. The zero-order valence-electron chi connectivity index (χ0n) is 11.1. The van der Waals surface area contributed by atoms with Crippen molar-refractivity contribution in [2.24, 2.45) is 5.41 Å². The predicted molar refractivity (Wildman–Crippen MR) is 76.6 cm³/mol. The second-order valence-corrected chi connectivity index (χ2v) is 6.09. The molecule has 1 unspecified atom stereocenters. The molecule has 1 heterocycles. The topological polar surface area (TPSA) is 66.8 Å². The Morgan fingerprint density at radius 3 is 2.60 bits per heavy atom. The first kappa shape index (κ1) is 14.8. The maximum Gasteiger partial charge on any atom is 0.311 e. The quantitative estimate of drug-likeness (QED) is 0.911. The van der Waals surface area contributed by atoms with Crippen LogP contribution in [0.2, 0.25) is 0 Å². The number of rotatable bonds is 4. The van der Waals surface area contributed by atoms with Gasteiger partial charge in [0.05, 0.1) is 5.41 Å². The number of aliphatic carboxylic acids is 1. The number of carboxylic acid groups (broad SMARTS) is 1. The lowest BCUT2D eigenvalue weighted by Gasteiger charge is -2.20. The summed E-state index contributed by atoms with van der Waals surface area (Å²) in [4.78, 5) is 24.7. The maximum absolute atomic E-state index is 12.0. The van der Waals surface area contributed by atoms with Gasteiger partial charge in [-0.2, -0.15) is 0 Å². The average Bonchev–Trinajstić information content (AvgIpc) is 2.82. The molecular formula is C14H16BrNO4. The minimum Gasteiger partial charge on any atom is -0.484 e. The van der Waals surface area contributed by atoms with Gasteiger partial charge in [0.15, 0.2) is 6.61 Å². The number of ether oxygens (including phenoxy) is 1. The molecule has 1 fully saturated rings. The Bertz CT molecular complexity index is 516. The second kappa shape index (κ2) is 5.83. The molecule has 6 heteroatoms. The molecule has 20 heavy (non-hydrogen) atoms. The summed E-state index contributed by atoms with van der Waals surface area (Å²) >= 11 is 3.32. The highest BCUT2D eigenvalue weighted by atomic mass is 79.9. The molecular weight excluding hydrogens is 326 g/mol. The molecule has 1 saturated heterocycles. The van der Waals surface area contributed by atoms with Crippen LogP contribution in [0.25, 0.3) is 0 Å². The van der Waals surface area contributed by atoms with Crippen molar-refractivity contribution in [2.45, 2.75) is 13.3 Å². The number of carbonyl (C=O) groups is 2. The molecule has 0 radical (unpaired) electrons. The molecule has 1 aliphatic heterocycles. The van der Waals surface area contributed by atoms with E-state index in [2.05, 4.69) is 15.9 Å². The van der Waals surface area contributed by atoms with Gasteiger partial charge in [0, 0.05) is 17.6 Å². The van der Waals surface area contributed by atoms with E-state index in [9.17, 15) is 9.59 Å². The fourth-order valence-electron chi connectivity index (χ4n) is 2.12. The van der Waals surface area contributed by atoms with Gasteiger partial charge in [0.25, 0.3) is 5.91 Å². The smallest absolute Gasteiger partial charge is 0.311 e. The lowest BCUT2D eigenvalue weighted by molar-refractivity contribution is -0.147. The molecule has 0 spiro atoms. The van der Waals surface area contributed by atoms with Crippen molar-refractivity contribution in [3.05, 3.63) is 28.7 Å². The minimum atomic E-state index is -0.860. The number of likely N-dealkylation sites (tertiary alicyclic amines) is 1. The Morgan fingerprint density at radius 2 is 2.05 bits per heavy atom. The first-order valence-electron chi connectivity index (χ1n) is 6.30. The van der Waals surface area contributed by atoms with Crippen LogP contribution >= 0.6 is 15.9 Å². The monoisotopic (exact) mass is 341 g/mol. The molecule has 5 nitrogen and oxygen atoms in total. The Kier molecular flexibility index (Phi) is 4.32. The van der Waals surface area contributed by atoms with Crippen molar-refractivity contribution in [3.63, 3.8) is 0 Å². The summed E-state index contributed by atoms with van der Waals surface area (Å²) in [6, 6.07) is 7.19. The summed E-state index contributed by atoms with van der Waals surface area (Å²) in [5.41, 5.74) is -0.840. The van der Waals surface area contributed by atoms with Gasteiger partial charge in [-0.1, -0.05) is 15.9 Å². The van der Waals surface area contributed by atoms with E-state index in [1.807, 2.05) is 12.1 Å². The largest absolute Gasteiger partial charge is 0.484 e. The number of hydrogen-bond donors (Lipinski definition) is 1. The van der Waals surface area contributed by atoms with Crippen molar-refractivity contribution in [3.8, 4) is 5.75 Å². The minimum absolute atomic E-state index is 0.0721. The van der Waals surface area contributed by atoms with Gasteiger partial charge in [-0.3, -0.25) is 9.59 Å². The third-order valence-corrected chi connectivity index (χ3v) is 4.05. The third kappa shape index (κ3) is 3.30. The third-order valence-electron chi connectivity index (χ3n) is 3.52. The van der Waals surface area contributed by atoms with E-state index in [0.717, 1.165) is 4.47 Å². The van der Waals surface area contributed by atoms with Crippen LogP contribution in [0, 0.1) is 5.41 Å². The molecule has 1 aromatic carbocycles. The zero-order chi connectivity index (χ0) is 14.8. The van der Waals surface area contributed by atoms with Crippen LogP contribution < -0.4 is 4.74 Å². The Balaban J connectivity index is 1.87. The van der Waals surface area contributed by atoms with E-state index in [1.165, 1.54) is 0 Å². The van der Waals surface area contributed by atoms with Gasteiger partial charge in [-0.15, -0.1) is 0 Å². The van der Waals surface area contributed by atoms with Crippen LogP contribution in [0.1, 0.15) is 13.3 Å². The first-order valence-corrected chi connectivity index (χ1v) is 7.09. The highest BCUT2D eigenvalue weighted by Gasteiger charge is 2.42. The van der Waals surface area contributed by atoms with Crippen LogP contribution in [0.15, 0.2) is 28.7 Å². The maximum atomic E-state index is 12.0. The molecule has 1 aromatic rings. The summed E-state index contributed by atoms with van der Waals surface area (Å²) in [5.74, 6) is -0.429. The van der Waals surface area contributed by atoms with Gasteiger partial charge in [-0.25, -0.2) is 0 Å². The predicted octanol–water partition coefficient (Wildman–Crippen LogP) is 2.15. The van der Waals surface area contributed by atoms with Gasteiger partial charge in [0.1, 0.15) is 5.75 Å². The van der Waals surface area contributed by atoms with Crippen molar-refractivity contribution in [1.82, 2.24) is 4.90 Å². The Morgan fingerprint density at radius 1 is 1.40 bits per heavy atom. The summed E-state index contributed by atoms with van der Waals surface area (Å²) in [6.45, 7) is 2.30. The number of amides is 1. The normalized spacial score (nSPS) is 21.8. The van der Waals surface area contributed by atoms with Gasteiger partial charge in [0.2, 0.25) is 0 Å². The highest BCUT2D eigenvalue weighted by Crippen LogP contribution is 2.30. The SMILES string of the molecule is CC1(C(=O)O)CCN(C(=O)COc2ccc(Br)cc2)C1. The molecule has 0 saturated carbocycles. The molecule has 1 amide bonds.